The molecule has 0 aliphatic heterocycles. The Morgan fingerprint density at radius 2 is 2.00 bits per heavy atom. The van der Waals surface area contributed by atoms with Crippen LogP contribution >= 0.6 is 11.3 Å². The van der Waals surface area contributed by atoms with Crippen molar-refractivity contribution in [1.82, 2.24) is 0 Å². The van der Waals surface area contributed by atoms with Gasteiger partial charge in [0.2, 0.25) is 0 Å². The Bertz CT molecular complexity index is 505. The zero-order valence-corrected chi connectivity index (χ0v) is 9.52. The maximum Gasteiger partial charge on any atom is 0.0349 e. The summed E-state index contributed by atoms with van der Waals surface area (Å²) in [6, 6.07) is 8.73. The molecule has 1 heteroatoms. The van der Waals surface area contributed by atoms with Gasteiger partial charge in [-0.15, -0.1) is 11.3 Å². The lowest BCUT2D eigenvalue weighted by molar-refractivity contribution is 0.742. The third kappa shape index (κ3) is 1.61. The predicted molar refractivity (Wildman–Crippen MR) is 68.3 cm³/mol. The zero-order chi connectivity index (χ0) is 10.1. The van der Waals surface area contributed by atoms with Crippen molar-refractivity contribution in [2.75, 3.05) is 0 Å². The molecule has 0 saturated carbocycles. The highest BCUT2D eigenvalue weighted by atomic mass is 32.1. The third-order valence-electron chi connectivity index (χ3n) is 3.12. The molecule has 0 fully saturated rings. The van der Waals surface area contributed by atoms with Gasteiger partial charge < -0.3 is 0 Å². The normalized spacial score (nSPS) is 16.7. The second kappa shape index (κ2) is 3.82. The van der Waals surface area contributed by atoms with Crippen molar-refractivity contribution >= 4 is 27.0 Å². The fourth-order valence-corrected chi connectivity index (χ4v) is 3.29. The molecule has 0 bridgehead atoms. The minimum Gasteiger partial charge on any atom is -0.143 e. The molecule has 1 heterocycles. The van der Waals surface area contributed by atoms with E-state index in [1.807, 2.05) is 11.3 Å². The molecule has 2 aromatic rings. The molecular formula is C14H14S. The highest BCUT2D eigenvalue weighted by molar-refractivity contribution is 7.17. The highest BCUT2D eigenvalue weighted by Crippen LogP contribution is 2.35. The van der Waals surface area contributed by atoms with Crippen molar-refractivity contribution in [2.45, 2.75) is 25.7 Å². The largest absolute Gasteiger partial charge is 0.143 e. The molecule has 1 aromatic heterocycles. The number of fused-ring (bicyclic) bond motifs is 1. The maximum absolute atomic E-state index is 2.43. The van der Waals surface area contributed by atoms with Gasteiger partial charge in [0.25, 0.3) is 0 Å². The zero-order valence-electron chi connectivity index (χ0n) is 8.70. The number of benzene rings is 1. The summed E-state index contributed by atoms with van der Waals surface area (Å²) in [5.74, 6) is 0. The van der Waals surface area contributed by atoms with Crippen LogP contribution in [0, 0.1) is 0 Å². The Morgan fingerprint density at radius 1 is 1.07 bits per heavy atom. The fraction of sp³-hybridized carbons (Fsp3) is 0.286. The molecule has 0 N–H and O–H groups in total. The van der Waals surface area contributed by atoms with Gasteiger partial charge in [0, 0.05) is 4.70 Å². The molecular weight excluding hydrogens is 200 g/mol. The second-order valence-corrected chi connectivity index (χ2v) is 5.03. The van der Waals surface area contributed by atoms with Gasteiger partial charge in [-0.1, -0.05) is 24.3 Å². The van der Waals surface area contributed by atoms with Crippen molar-refractivity contribution < 1.29 is 0 Å². The first kappa shape index (κ1) is 9.17. The van der Waals surface area contributed by atoms with E-state index in [1.165, 1.54) is 41.3 Å². The smallest absolute Gasteiger partial charge is 0.0349 e. The summed E-state index contributed by atoms with van der Waals surface area (Å²) >= 11 is 1.87. The van der Waals surface area contributed by atoms with Gasteiger partial charge in [-0.3, -0.25) is 0 Å². The molecule has 0 nitrogen and oxygen atoms in total. The Kier molecular flexibility index (Phi) is 2.34. The van der Waals surface area contributed by atoms with Crippen LogP contribution in [0.5, 0.6) is 0 Å². The molecule has 76 valence electrons. The number of rotatable bonds is 1. The van der Waals surface area contributed by atoms with E-state index in [0.29, 0.717) is 0 Å². The average molecular weight is 214 g/mol. The first-order valence-corrected chi connectivity index (χ1v) is 6.49. The lowest BCUT2D eigenvalue weighted by atomic mass is 9.93. The van der Waals surface area contributed by atoms with Crippen LogP contribution in [0.1, 0.15) is 31.2 Å². The highest BCUT2D eigenvalue weighted by Gasteiger charge is 2.10. The molecule has 3 rings (SSSR count). The monoisotopic (exact) mass is 214 g/mol. The van der Waals surface area contributed by atoms with E-state index in [4.69, 9.17) is 0 Å². The molecule has 0 amide bonds. The van der Waals surface area contributed by atoms with Gasteiger partial charge in [0.15, 0.2) is 0 Å². The number of allylic oxidation sites excluding steroid dienone is 2. The van der Waals surface area contributed by atoms with Crippen LogP contribution in [0.15, 0.2) is 35.7 Å². The first-order valence-electron chi connectivity index (χ1n) is 5.61. The number of thiophene rings is 1. The molecule has 0 saturated heterocycles. The minimum absolute atomic E-state index is 1.26. The van der Waals surface area contributed by atoms with Crippen LogP contribution in [0.3, 0.4) is 0 Å². The van der Waals surface area contributed by atoms with Crippen molar-refractivity contribution in [3.63, 3.8) is 0 Å². The van der Waals surface area contributed by atoms with E-state index in [9.17, 15) is 0 Å². The SMILES string of the molecule is C1=C(c2csc3ccccc23)CCCC1. The predicted octanol–water partition coefficient (Wildman–Crippen LogP) is 4.86. The van der Waals surface area contributed by atoms with Crippen molar-refractivity contribution in [2.24, 2.45) is 0 Å². The van der Waals surface area contributed by atoms with E-state index in [0.717, 1.165) is 0 Å². The fourth-order valence-electron chi connectivity index (χ4n) is 2.31. The van der Waals surface area contributed by atoms with E-state index in [1.54, 1.807) is 5.57 Å². The van der Waals surface area contributed by atoms with E-state index in [2.05, 4.69) is 35.7 Å². The third-order valence-corrected chi connectivity index (χ3v) is 4.08. The van der Waals surface area contributed by atoms with Crippen LogP contribution in [0.2, 0.25) is 0 Å². The van der Waals surface area contributed by atoms with Gasteiger partial charge in [0.1, 0.15) is 0 Å². The van der Waals surface area contributed by atoms with Crippen molar-refractivity contribution in [3.05, 3.63) is 41.3 Å². The van der Waals surface area contributed by atoms with Crippen molar-refractivity contribution in [1.29, 1.82) is 0 Å². The summed E-state index contributed by atoms with van der Waals surface area (Å²) in [5, 5.41) is 3.76. The maximum atomic E-state index is 2.43. The standard InChI is InChI=1S/C14H14S/c1-2-6-11(7-3-1)13-10-15-14-9-5-4-8-12(13)14/h4-6,8-10H,1-3,7H2. The Labute approximate surface area is 94.2 Å². The van der Waals surface area contributed by atoms with Crippen LogP contribution in [0.25, 0.3) is 15.7 Å². The molecule has 0 spiro atoms. The molecule has 0 atom stereocenters. The summed E-state index contributed by atoms with van der Waals surface area (Å²) in [7, 11) is 0. The van der Waals surface area contributed by atoms with E-state index >= 15 is 0 Å². The molecule has 0 radical (unpaired) electrons. The molecule has 1 aromatic carbocycles. The van der Waals surface area contributed by atoms with Crippen LogP contribution < -0.4 is 0 Å². The lowest BCUT2D eigenvalue weighted by Gasteiger charge is -2.11. The Hall–Kier alpha value is -1.08. The summed E-state index contributed by atoms with van der Waals surface area (Å²) in [5.41, 5.74) is 3.05. The van der Waals surface area contributed by atoms with Gasteiger partial charge in [-0.2, -0.15) is 0 Å². The quantitative estimate of drug-likeness (QED) is 0.636. The average Bonchev–Trinajstić information content (AvgIpc) is 2.74. The summed E-state index contributed by atoms with van der Waals surface area (Å²) in [4.78, 5) is 0. The van der Waals surface area contributed by atoms with Crippen LogP contribution in [-0.2, 0) is 0 Å². The van der Waals surface area contributed by atoms with Crippen LogP contribution in [0.4, 0.5) is 0 Å². The Balaban J connectivity index is 2.14. The van der Waals surface area contributed by atoms with Crippen LogP contribution in [-0.4, -0.2) is 0 Å². The van der Waals surface area contributed by atoms with Gasteiger partial charge in [-0.25, -0.2) is 0 Å². The lowest BCUT2D eigenvalue weighted by Crippen LogP contribution is -1.90. The summed E-state index contributed by atoms with van der Waals surface area (Å²) in [6.07, 6.45) is 7.68. The molecule has 1 aliphatic carbocycles. The van der Waals surface area contributed by atoms with Gasteiger partial charge in [-0.05, 0) is 53.7 Å². The van der Waals surface area contributed by atoms with E-state index < -0.39 is 0 Å². The number of hydrogen-bond donors (Lipinski definition) is 0. The van der Waals surface area contributed by atoms with Gasteiger partial charge >= 0.3 is 0 Å². The Morgan fingerprint density at radius 3 is 2.87 bits per heavy atom. The van der Waals surface area contributed by atoms with Gasteiger partial charge in [0.05, 0.1) is 0 Å². The number of hydrogen-bond acceptors (Lipinski definition) is 1. The topological polar surface area (TPSA) is 0 Å². The molecule has 0 unspecified atom stereocenters. The second-order valence-electron chi connectivity index (χ2n) is 4.12. The summed E-state index contributed by atoms with van der Waals surface area (Å²) < 4.78 is 1.42. The molecule has 1 aliphatic rings. The molecule has 15 heavy (non-hydrogen) atoms. The summed E-state index contributed by atoms with van der Waals surface area (Å²) in [6.45, 7) is 0. The first-order chi connectivity index (χ1) is 7.45. The van der Waals surface area contributed by atoms with E-state index in [-0.39, 0.29) is 0 Å². The van der Waals surface area contributed by atoms with Crippen molar-refractivity contribution in [3.8, 4) is 0 Å². The minimum atomic E-state index is 1.26.